The van der Waals surface area contributed by atoms with Crippen LogP contribution in [0.2, 0.25) is 0 Å². The zero-order chi connectivity index (χ0) is 12.3. The number of aliphatic imine (C=N–C) groups is 1. The number of hydrogen-bond acceptors (Lipinski definition) is 3. The maximum absolute atomic E-state index is 4.98. The van der Waals surface area contributed by atoms with Crippen molar-refractivity contribution in [1.29, 1.82) is 0 Å². The van der Waals surface area contributed by atoms with E-state index in [0.717, 1.165) is 5.25 Å². The van der Waals surface area contributed by atoms with Gasteiger partial charge in [0.2, 0.25) is 0 Å². The Kier molecular flexibility index (Phi) is 4.70. The van der Waals surface area contributed by atoms with Gasteiger partial charge in [0.15, 0.2) is 5.17 Å². The van der Waals surface area contributed by atoms with Gasteiger partial charge in [-0.1, -0.05) is 25.1 Å². The summed E-state index contributed by atoms with van der Waals surface area (Å²) in [7, 11) is 0. The molecule has 0 aromatic heterocycles. The molecule has 17 heavy (non-hydrogen) atoms. The Balaban J connectivity index is 2.01. The lowest BCUT2D eigenvalue weighted by Crippen LogP contribution is -2.48. The summed E-state index contributed by atoms with van der Waals surface area (Å²) in [5, 5.41) is 5.60. The molecule has 1 aliphatic heterocycles. The summed E-state index contributed by atoms with van der Waals surface area (Å²) >= 11 is 3.90. The van der Waals surface area contributed by atoms with Crippen LogP contribution >= 0.6 is 23.5 Å². The fraction of sp³-hybridized carbons (Fsp3) is 0.923. The van der Waals surface area contributed by atoms with Gasteiger partial charge < -0.3 is 5.32 Å². The van der Waals surface area contributed by atoms with Crippen molar-refractivity contribution in [2.24, 2.45) is 4.99 Å². The fourth-order valence-electron chi connectivity index (χ4n) is 2.54. The summed E-state index contributed by atoms with van der Waals surface area (Å²) in [5.74, 6) is 1.22. The van der Waals surface area contributed by atoms with Crippen molar-refractivity contribution >= 4 is 28.7 Å². The maximum atomic E-state index is 4.98. The van der Waals surface area contributed by atoms with Crippen LogP contribution in [0, 0.1) is 0 Å². The second-order valence-corrected chi connectivity index (χ2v) is 7.50. The van der Waals surface area contributed by atoms with Gasteiger partial charge in [-0.15, -0.1) is 0 Å². The van der Waals surface area contributed by atoms with Gasteiger partial charge in [-0.25, -0.2) is 0 Å². The van der Waals surface area contributed by atoms with E-state index in [-0.39, 0.29) is 5.54 Å². The number of amidine groups is 1. The molecule has 3 atom stereocenters. The predicted octanol–water partition coefficient (Wildman–Crippen LogP) is 3.52. The first-order chi connectivity index (χ1) is 8.17. The third kappa shape index (κ3) is 3.34. The van der Waals surface area contributed by atoms with E-state index in [4.69, 9.17) is 4.99 Å². The Morgan fingerprint density at radius 2 is 2.35 bits per heavy atom. The molecule has 0 aromatic carbocycles. The average molecular weight is 272 g/mol. The molecule has 0 spiro atoms. The summed E-state index contributed by atoms with van der Waals surface area (Å²) in [6.45, 7) is 4.59. The molecule has 2 rings (SSSR count). The van der Waals surface area contributed by atoms with E-state index < -0.39 is 0 Å². The first kappa shape index (κ1) is 13.6. The zero-order valence-corrected chi connectivity index (χ0v) is 12.8. The molecule has 0 bridgehead atoms. The van der Waals surface area contributed by atoms with Crippen LogP contribution in [0.1, 0.15) is 46.0 Å². The van der Waals surface area contributed by atoms with Crippen LogP contribution in [0.3, 0.4) is 0 Å². The molecule has 2 nitrogen and oxygen atoms in total. The van der Waals surface area contributed by atoms with E-state index in [9.17, 15) is 0 Å². The number of thioether (sulfide) groups is 2. The van der Waals surface area contributed by atoms with Crippen LogP contribution in [0.15, 0.2) is 4.99 Å². The van der Waals surface area contributed by atoms with E-state index in [0.29, 0.717) is 6.04 Å². The van der Waals surface area contributed by atoms with Crippen LogP contribution < -0.4 is 5.32 Å². The van der Waals surface area contributed by atoms with E-state index in [1.165, 1.54) is 43.0 Å². The molecule has 0 radical (unpaired) electrons. The second kappa shape index (κ2) is 5.87. The summed E-state index contributed by atoms with van der Waals surface area (Å²) in [4.78, 5) is 4.98. The molecule has 4 heteroatoms. The van der Waals surface area contributed by atoms with Crippen molar-refractivity contribution < 1.29 is 0 Å². The monoisotopic (exact) mass is 272 g/mol. The Labute approximate surface area is 114 Å². The quantitative estimate of drug-likeness (QED) is 0.850. The molecule has 98 valence electrons. The molecule has 2 aliphatic rings. The van der Waals surface area contributed by atoms with Crippen LogP contribution in [-0.2, 0) is 0 Å². The van der Waals surface area contributed by atoms with E-state index >= 15 is 0 Å². The maximum Gasteiger partial charge on any atom is 0.157 e. The lowest BCUT2D eigenvalue weighted by molar-refractivity contribution is 0.389. The molecular weight excluding hydrogens is 248 g/mol. The highest BCUT2D eigenvalue weighted by molar-refractivity contribution is 8.13. The molecule has 3 unspecified atom stereocenters. The van der Waals surface area contributed by atoms with E-state index in [1.807, 2.05) is 23.5 Å². The molecular formula is C13H24N2S2. The number of hydrogen-bond donors (Lipinski definition) is 1. The van der Waals surface area contributed by atoms with Gasteiger partial charge in [0.05, 0.1) is 6.04 Å². The highest BCUT2D eigenvalue weighted by atomic mass is 32.2. The number of nitrogens with one attached hydrogen (secondary N) is 1. The van der Waals surface area contributed by atoms with Gasteiger partial charge in [-0.2, -0.15) is 11.8 Å². The molecule has 1 saturated carbocycles. The van der Waals surface area contributed by atoms with Gasteiger partial charge in [0, 0.05) is 16.5 Å². The van der Waals surface area contributed by atoms with Crippen LogP contribution in [-0.4, -0.2) is 34.0 Å². The van der Waals surface area contributed by atoms with Crippen molar-refractivity contribution in [3.63, 3.8) is 0 Å². The lowest BCUT2D eigenvalue weighted by Gasteiger charge is -2.35. The molecule has 1 saturated heterocycles. The smallest absolute Gasteiger partial charge is 0.157 e. The summed E-state index contributed by atoms with van der Waals surface area (Å²) in [6, 6.07) is 0.555. The van der Waals surface area contributed by atoms with Gasteiger partial charge in [-0.3, -0.25) is 4.99 Å². The van der Waals surface area contributed by atoms with Gasteiger partial charge in [0.1, 0.15) is 0 Å². The van der Waals surface area contributed by atoms with E-state index in [2.05, 4.69) is 25.4 Å². The first-order valence-electron chi connectivity index (χ1n) is 6.68. The Morgan fingerprint density at radius 1 is 1.53 bits per heavy atom. The largest absolute Gasteiger partial charge is 0.360 e. The highest BCUT2D eigenvalue weighted by Gasteiger charge is 2.30. The minimum Gasteiger partial charge on any atom is -0.360 e. The van der Waals surface area contributed by atoms with Gasteiger partial charge >= 0.3 is 0 Å². The molecule has 1 aliphatic carbocycles. The van der Waals surface area contributed by atoms with Crippen molar-refractivity contribution in [2.45, 2.75) is 62.8 Å². The Bertz CT molecular complexity index is 293. The molecule has 0 aromatic rings. The standard InChI is InChI=1S/C13H24N2S2/c1-4-13(2)8-9-17-12(15-13)14-10-6-5-7-11(10)16-3/h10-11H,4-9H2,1-3H3,(H,14,15). The average Bonchev–Trinajstić information content (AvgIpc) is 2.76. The summed E-state index contributed by atoms with van der Waals surface area (Å²) in [5.41, 5.74) is 0.275. The zero-order valence-electron chi connectivity index (χ0n) is 11.2. The second-order valence-electron chi connectivity index (χ2n) is 5.34. The Hall–Kier alpha value is 0.170. The molecule has 2 fully saturated rings. The first-order valence-corrected chi connectivity index (χ1v) is 8.96. The fourth-order valence-corrected chi connectivity index (χ4v) is 4.73. The van der Waals surface area contributed by atoms with Crippen molar-refractivity contribution in [2.75, 3.05) is 12.0 Å². The van der Waals surface area contributed by atoms with Gasteiger partial charge in [0.25, 0.3) is 0 Å². The number of rotatable bonds is 3. The van der Waals surface area contributed by atoms with Crippen molar-refractivity contribution in [3.05, 3.63) is 0 Å². The normalized spacial score (nSPS) is 40.5. The van der Waals surface area contributed by atoms with Crippen LogP contribution in [0.5, 0.6) is 0 Å². The van der Waals surface area contributed by atoms with Crippen molar-refractivity contribution in [3.8, 4) is 0 Å². The third-order valence-electron chi connectivity index (χ3n) is 4.09. The molecule has 0 amide bonds. The van der Waals surface area contributed by atoms with E-state index in [1.54, 1.807) is 0 Å². The topological polar surface area (TPSA) is 24.4 Å². The minimum atomic E-state index is 0.275. The molecule has 1 N–H and O–H groups in total. The SMILES string of the molecule is CCC1(C)CCSC(=NC2CCCC2SC)N1. The summed E-state index contributed by atoms with van der Waals surface area (Å²) in [6.07, 6.45) is 8.63. The lowest BCUT2D eigenvalue weighted by atomic mass is 9.96. The third-order valence-corrected chi connectivity index (χ3v) is 6.13. The van der Waals surface area contributed by atoms with Crippen LogP contribution in [0.25, 0.3) is 0 Å². The van der Waals surface area contributed by atoms with Gasteiger partial charge in [-0.05, 0) is 38.9 Å². The number of nitrogens with zero attached hydrogens (tertiary/aromatic N) is 1. The minimum absolute atomic E-state index is 0.275. The van der Waals surface area contributed by atoms with Crippen LogP contribution in [0.4, 0.5) is 0 Å². The summed E-state index contributed by atoms with van der Waals surface area (Å²) < 4.78 is 0. The predicted molar refractivity (Wildman–Crippen MR) is 81.3 cm³/mol. The highest BCUT2D eigenvalue weighted by Crippen LogP contribution is 2.32. The van der Waals surface area contributed by atoms with Crippen molar-refractivity contribution in [1.82, 2.24) is 5.32 Å². The Morgan fingerprint density at radius 3 is 3.06 bits per heavy atom. The molecule has 1 heterocycles.